The number of ether oxygens (including phenoxy) is 1. The Morgan fingerprint density at radius 1 is 0.936 bits per heavy atom. The number of hydrogen-bond acceptors (Lipinski definition) is 10. The average Bonchev–Trinajstić information content (AvgIpc) is 3.65. The number of rotatable bonds is 15. The molecule has 5 N–H and O–H groups in total. The van der Waals surface area contributed by atoms with Crippen LogP contribution in [0.5, 0.6) is 0 Å². The van der Waals surface area contributed by atoms with Crippen LogP contribution >= 0.6 is 0 Å². The first-order chi connectivity index (χ1) is 22.9. The molecule has 250 valence electrons. The van der Waals surface area contributed by atoms with E-state index in [0.717, 1.165) is 37.2 Å². The first-order valence-corrected chi connectivity index (χ1v) is 16.2. The van der Waals surface area contributed by atoms with E-state index in [4.69, 9.17) is 4.74 Å². The molecule has 3 heterocycles. The van der Waals surface area contributed by atoms with Crippen LogP contribution < -0.4 is 16.0 Å². The Kier molecular flexibility index (Phi) is 11.5. The maximum atomic E-state index is 13.4. The number of hydrogen-bond donors (Lipinski definition) is 5. The number of carbonyl (C=O) groups is 2. The van der Waals surface area contributed by atoms with E-state index < -0.39 is 36.4 Å². The molecule has 0 saturated carbocycles. The Balaban J connectivity index is 1.47. The number of likely N-dealkylation sites (N-methyl/N-ethyl adjacent to an activating group) is 1. The van der Waals surface area contributed by atoms with E-state index in [2.05, 4.69) is 73.9 Å². The number of amides is 2. The topological polar surface area (TPSA) is 167 Å². The molecular weight excluding hydrogens is 600 g/mol. The van der Waals surface area contributed by atoms with Gasteiger partial charge < -0.3 is 35.8 Å². The molecule has 0 unspecified atom stereocenters. The van der Waals surface area contributed by atoms with Crippen molar-refractivity contribution in [3.63, 3.8) is 0 Å². The summed E-state index contributed by atoms with van der Waals surface area (Å²) >= 11 is 0. The third kappa shape index (κ3) is 7.76. The van der Waals surface area contributed by atoms with Crippen LogP contribution in [0.15, 0.2) is 67.0 Å². The number of nitrogens with one attached hydrogen (secondary N) is 3. The summed E-state index contributed by atoms with van der Waals surface area (Å²) in [4.78, 5) is 41.9. The van der Waals surface area contributed by atoms with Crippen molar-refractivity contribution in [2.45, 2.75) is 57.6 Å². The molecule has 1 aliphatic heterocycles. The number of nitrogens with zero attached hydrogens (tertiary/aromatic N) is 5. The molecule has 0 spiro atoms. The molecule has 5 rings (SSSR count). The molecule has 13 nitrogen and oxygen atoms in total. The monoisotopic (exact) mass is 644 g/mol. The number of anilines is 1. The van der Waals surface area contributed by atoms with Crippen molar-refractivity contribution in [3.8, 4) is 0 Å². The first-order valence-electron chi connectivity index (χ1n) is 16.2. The van der Waals surface area contributed by atoms with E-state index in [1.165, 1.54) is 10.9 Å². The van der Waals surface area contributed by atoms with Crippen molar-refractivity contribution in [1.82, 2.24) is 35.1 Å². The van der Waals surface area contributed by atoms with Gasteiger partial charge in [0.15, 0.2) is 29.3 Å². The van der Waals surface area contributed by atoms with Crippen LogP contribution in [0, 0.1) is 0 Å². The van der Waals surface area contributed by atoms with Gasteiger partial charge in [-0.3, -0.25) is 14.2 Å². The number of benzene rings is 2. The lowest BCUT2D eigenvalue weighted by Gasteiger charge is -2.20. The Labute approximate surface area is 274 Å². The van der Waals surface area contributed by atoms with Gasteiger partial charge in [-0.05, 0) is 44.1 Å². The molecule has 4 atom stereocenters. The number of aromatic nitrogens is 4. The van der Waals surface area contributed by atoms with E-state index in [1.54, 1.807) is 6.92 Å². The Hall–Kier alpha value is -4.43. The SMILES string of the molecule is CCNC(=O)[C@H]1O[C@@H](n2cnc3c(NCC(c4ccccc4)c4ccccc4)nc(C(=O)NCCCN(CC)CC)nc32)[C@@H](O)[C@@H]1O. The van der Waals surface area contributed by atoms with Crippen LogP contribution in [0.2, 0.25) is 0 Å². The molecule has 47 heavy (non-hydrogen) atoms. The smallest absolute Gasteiger partial charge is 0.289 e. The zero-order valence-electron chi connectivity index (χ0n) is 27.0. The second-order valence-electron chi connectivity index (χ2n) is 11.4. The summed E-state index contributed by atoms with van der Waals surface area (Å²) in [6.45, 7) is 9.87. The van der Waals surface area contributed by atoms with Gasteiger partial charge in [0.05, 0.1) is 6.33 Å². The zero-order chi connectivity index (χ0) is 33.3. The molecule has 2 aromatic carbocycles. The predicted octanol–water partition coefficient (Wildman–Crippen LogP) is 2.29. The molecule has 0 bridgehead atoms. The fourth-order valence-corrected chi connectivity index (χ4v) is 5.83. The Morgan fingerprint density at radius 2 is 1.60 bits per heavy atom. The van der Waals surface area contributed by atoms with Gasteiger partial charge in [-0.2, -0.15) is 0 Å². The number of imidazole rings is 1. The van der Waals surface area contributed by atoms with Crippen LogP contribution in [-0.2, 0) is 9.53 Å². The molecule has 1 saturated heterocycles. The highest BCUT2D eigenvalue weighted by molar-refractivity contribution is 5.94. The summed E-state index contributed by atoms with van der Waals surface area (Å²) in [5, 5.41) is 30.6. The normalized spacial score (nSPS) is 19.4. The lowest BCUT2D eigenvalue weighted by Crippen LogP contribution is -2.42. The Bertz CT molecular complexity index is 1580. The number of fused-ring (bicyclic) bond motifs is 1. The van der Waals surface area contributed by atoms with Crippen molar-refractivity contribution >= 4 is 28.8 Å². The van der Waals surface area contributed by atoms with Crippen LogP contribution in [-0.4, -0.2) is 104 Å². The van der Waals surface area contributed by atoms with Crippen molar-refractivity contribution in [2.24, 2.45) is 0 Å². The van der Waals surface area contributed by atoms with Crippen molar-refractivity contribution in [1.29, 1.82) is 0 Å². The lowest BCUT2D eigenvalue weighted by atomic mass is 9.91. The van der Waals surface area contributed by atoms with Gasteiger partial charge in [-0.15, -0.1) is 0 Å². The summed E-state index contributed by atoms with van der Waals surface area (Å²) in [5.41, 5.74) is 2.75. The maximum Gasteiger partial charge on any atom is 0.289 e. The van der Waals surface area contributed by atoms with E-state index in [9.17, 15) is 19.8 Å². The largest absolute Gasteiger partial charge is 0.387 e. The highest BCUT2D eigenvalue weighted by Crippen LogP contribution is 2.33. The minimum Gasteiger partial charge on any atom is -0.387 e. The van der Waals surface area contributed by atoms with Crippen LogP contribution in [0.4, 0.5) is 5.82 Å². The minimum absolute atomic E-state index is 0.0465. The summed E-state index contributed by atoms with van der Waals surface area (Å²) in [5.74, 6) is -0.811. The second-order valence-corrected chi connectivity index (χ2v) is 11.4. The molecule has 0 radical (unpaired) electrons. The number of carbonyl (C=O) groups excluding carboxylic acids is 2. The van der Waals surface area contributed by atoms with Gasteiger partial charge in [-0.1, -0.05) is 74.5 Å². The molecule has 2 amide bonds. The van der Waals surface area contributed by atoms with E-state index in [1.807, 2.05) is 36.4 Å². The van der Waals surface area contributed by atoms with Gasteiger partial charge in [0.25, 0.3) is 11.8 Å². The summed E-state index contributed by atoms with van der Waals surface area (Å²) in [6, 6.07) is 20.2. The molecule has 1 fully saturated rings. The fraction of sp³-hybridized carbons (Fsp3) is 0.441. The fourth-order valence-electron chi connectivity index (χ4n) is 5.83. The molecule has 1 aliphatic rings. The van der Waals surface area contributed by atoms with Gasteiger partial charge >= 0.3 is 0 Å². The second kappa shape index (κ2) is 15.9. The standard InChI is InChI=1S/C34H44N8O5/c1-4-35-32(45)28-26(43)27(44)34(47-28)42-21-38-25-29(37-20-24(22-14-9-7-10-15-22)23-16-11-8-12-17-23)39-30(40-31(25)42)33(46)36-18-13-19-41(5-2)6-3/h7-12,14-17,21,24,26-28,34,43-44H,4-6,13,18-20H2,1-3H3,(H,35,45)(H,36,46)(H,37,39,40)/t26-,27-,28-,34+/m0/s1. The number of aliphatic hydroxyl groups excluding tert-OH is 2. The Morgan fingerprint density at radius 3 is 2.21 bits per heavy atom. The van der Waals surface area contributed by atoms with E-state index in [0.29, 0.717) is 31.0 Å². The third-order valence-electron chi connectivity index (χ3n) is 8.46. The molecule has 13 heteroatoms. The van der Waals surface area contributed by atoms with Crippen LogP contribution in [0.1, 0.15) is 61.1 Å². The van der Waals surface area contributed by atoms with E-state index in [-0.39, 0.29) is 17.4 Å². The average molecular weight is 645 g/mol. The van der Waals surface area contributed by atoms with E-state index >= 15 is 0 Å². The van der Waals surface area contributed by atoms with Gasteiger partial charge in [-0.25, -0.2) is 15.0 Å². The first kappa shape index (κ1) is 33.9. The predicted molar refractivity (Wildman–Crippen MR) is 178 cm³/mol. The van der Waals surface area contributed by atoms with Crippen LogP contribution in [0.25, 0.3) is 11.2 Å². The van der Waals surface area contributed by atoms with Crippen molar-refractivity contribution < 1.29 is 24.5 Å². The zero-order valence-corrected chi connectivity index (χ0v) is 27.0. The quantitative estimate of drug-likeness (QED) is 0.121. The van der Waals surface area contributed by atoms with Crippen LogP contribution in [0.3, 0.4) is 0 Å². The lowest BCUT2D eigenvalue weighted by molar-refractivity contribution is -0.137. The highest BCUT2D eigenvalue weighted by Gasteiger charge is 2.47. The van der Waals surface area contributed by atoms with Crippen molar-refractivity contribution in [3.05, 3.63) is 83.9 Å². The molecule has 2 aromatic heterocycles. The molecule has 4 aromatic rings. The van der Waals surface area contributed by atoms with Crippen molar-refractivity contribution in [2.75, 3.05) is 44.6 Å². The summed E-state index contributed by atoms with van der Waals surface area (Å²) in [7, 11) is 0. The number of aliphatic hydroxyl groups is 2. The molecule has 0 aliphatic carbocycles. The summed E-state index contributed by atoms with van der Waals surface area (Å²) in [6.07, 6.45) is -3.24. The third-order valence-corrected chi connectivity index (χ3v) is 8.46. The highest BCUT2D eigenvalue weighted by atomic mass is 16.6. The van der Waals surface area contributed by atoms with Gasteiger partial charge in [0.1, 0.15) is 12.2 Å². The summed E-state index contributed by atoms with van der Waals surface area (Å²) < 4.78 is 7.28. The minimum atomic E-state index is -1.48. The molecular formula is C34H44N8O5. The van der Waals surface area contributed by atoms with Gasteiger partial charge in [0, 0.05) is 25.6 Å². The van der Waals surface area contributed by atoms with Gasteiger partial charge in [0.2, 0.25) is 5.82 Å². The maximum absolute atomic E-state index is 13.4.